The molecule has 0 aliphatic rings. The summed E-state index contributed by atoms with van der Waals surface area (Å²) in [5.74, 6) is 0.828. The zero-order valence-electron chi connectivity index (χ0n) is 10.6. The molecule has 0 radical (unpaired) electrons. The maximum Gasteiger partial charge on any atom is 0.127 e. The molecular formula is C15H14N4. The summed E-state index contributed by atoms with van der Waals surface area (Å²) in [7, 11) is 1.85. The standard InChI is InChI=1S/C15H14N4/c1-16-15-9-14(7-8-17-15)19-11-13(10-18-19)12-5-3-2-4-6-12/h2-11H,1H3,(H,16,17). The van der Waals surface area contributed by atoms with Gasteiger partial charge < -0.3 is 5.32 Å². The molecule has 0 bridgehead atoms. The molecular weight excluding hydrogens is 236 g/mol. The van der Waals surface area contributed by atoms with Crippen molar-refractivity contribution in [1.82, 2.24) is 14.8 Å². The fourth-order valence-corrected chi connectivity index (χ4v) is 1.94. The minimum absolute atomic E-state index is 0.828. The number of rotatable bonds is 3. The van der Waals surface area contributed by atoms with Gasteiger partial charge in [0.15, 0.2) is 0 Å². The van der Waals surface area contributed by atoms with Gasteiger partial charge in [0, 0.05) is 31.1 Å². The van der Waals surface area contributed by atoms with E-state index in [4.69, 9.17) is 0 Å². The Morgan fingerprint density at radius 1 is 1.05 bits per heavy atom. The van der Waals surface area contributed by atoms with E-state index in [-0.39, 0.29) is 0 Å². The van der Waals surface area contributed by atoms with Crippen LogP contribution >= 0.6 is 0 Å². The highest BCUT2D eigenvalue weighted by Crippen LogP contribution is 2.20. The molecule has 2 heterocycles. The molecule has 0 amide bonds. The summed E-state index contributed by atoms with van der Waals surface area (Å²) in [6, 6.07) is 14.1. The molecule has 2 aromatic heterocycles. The van der Waals surface area contributed by atoms with Crippen LogP contribution in [0.4, 0.5) is 5.82 Å². The van der Waals surface area contributed by atoms with Gasteiger partial charge in [-0.3, -0.25) is 0 Å². The lowest BCUT2D eigenvalue weighted by Gasteiger charge is -2.03. The minimum atomic E-state index is 0.828. The van der Waals surface area contributed by atoms with E-state index in [9.17, 15) is 0 Å². The van der Waals surface area contributed by atoms with Gasteiger partial charge in [-0.2, -0.15) is 5.10 Å². The number of nitrogens with one attached hydrogen (secondary N) is 1. The van der Waals surface area contributed by atoms with E-state index < -0.39 is 0 Å². The Morgan fingerprint density at radius 2 is 1.89 bits per heavy atom. The number of benzene rings is 1. The van der Waals surface area contributed by atoms with E-state index in [1.54, 1.807) is 6.20 Å². The number of hydrogen-bond donors (Lipinski definition) is 1. The molecule has 94 valence electrons. The quantitative estimate of drug-likeness (QED) is 0.777. The molecule has 0 atom stereocenters. The first kappa shape index (κ1) is 11.5. The maximum absolute atomic E-state index is 4.40. The first-order chi connectivity index (χ1) is 9.36. The zero-order valence-corrected chi connectivity index (χ0v) is 10.6. The van der Waals surface area contributed by atoms with Crippen LogP contribution in [0.2, 0.25) is 0 Å². The van der Waals surface area contributed by atoms with E-state index in [0.717, 1.165) is 22.6 Å². The predicted molar refractivity (Wildman–Crippen MR) is 76.3 cm³/mol. The zero-order chi connectivity index (χ0) is 13.1. The summed E-state index contributed by atoms with van der Waals surface area (Å²) in [5, 5.41) is 7.42. The summed E-state index contributed by atoms with van der Waals surface area (Å²) >= 11 is 0. The average Bonchev–Trinajstić information content (AvgIpc) is 2.98. The Balaban J connectivity index is 1.97. The van der Waals surface area contributed by atoms with Crippen molar-refractivity contribution < 1.29 is 0 Å². The second kappa shape index (κ2) is 4.94. The van der Waals surface area contributed by atoms with Crippen molar-refractivity contribution in [2.75, 3.05) is 12.4 Å². The monoisotopic (exact) mass is 250 g/mol. The van der Waals surface area contributed by atoms with E-state index in [0.29, 0.717) is 0 Å². The fraction of sp³-hybridized carbons (Fsp3) is 0.0667. The van der Waals surface area contributed by atoms with Crippen LogP contribution in [0.5, 0.6) is 0 Å². The molecule has 0 saturated heterocycles. The number of nitrogens with zero attached hydrogens (tertiary/aromatic N) is 3. The number of aromatic nitrogens is 3. The third kappa shape index (κ3) is 2.33. The lowest BCUT2D eigenvalue weighted by molar-refractivity contribution is 0.878. The van der Waals surface area contributed by atoms with Crippen LogP contribution in [-0.2, 0) is 0 Å². The van der Waals surface area contributed by atoms with Crippen LogP contribution in [0.25, 0.3) is 16.8 Å². The van der Waals surface area contributed by atoms with Crippen molar-refractivity contribution >= 4 is 5.82 Å². The van der Waals surface area contributed by atoms with Crippen molar-refractivity contribution in [3.63, 3.8) is 0 Å². The third-order valence-electron chi connectivity index (χ3n) is 2.95. The van der Waals surface area contributed by atoms with Gasteiger partial charge in [-0.05, 0) is 11.6 Å². The minimum Gasteiger partial charge on any atom is -0.373 e. The molecule has 4 nitrogen and oxygen atoms in total. The average molecular weight is 250 g/mol. The smallest absolute Gasteiger partial charge is 0.127 e. The van der Waals surface area contributed by atoms with Crippen LogP contribution in [0, 0.1) is 0 Å². The highest BCUT2D eigenvalue weighted by atomic mass is 15.3. The van der Waals surface area contributed by atoms with Crippen molar-refractivity contribution in [3.8, 4) is 16.8 Å². The lowest BCUT2D eigenvalue weighted by atomic mass is 10.1. The summed E-state index contributed by atoms with van der Waals surface area (Å²) in [5.41, 5.74) is 3.25. The Labute approximate surface area is 111 Å². The van der Waals surface area contributed by atoms with Gasteiger partial charge in [-0.25, -0.2) is 9.67 Å². The van der Waals surface area contributed by atoms with Crippen LogP contribution in [0.15, 0.2) is 61.1 Å². The van der Waals surface area contributed by atoms with E-state index in [1.807, 2.05) is 54.5 Å². The number of hydrogen-bond acceptors (Lipinski definition) is 3. The van der Waals surface area contributed by atoms with E-state index in [2.05, 4.69) is 27.5 Å². The normalized spacial score (nSPS) is 10.4. The SMILES string of the molecule is CNc1cc(-n2cc(-c3ccccc3)cn2)ccn1. The Kier molecular flexibility index (Phi) is 2.98. The largest absolute Gasteiger partial charge is 0.373 e. The topological polar surface area (TPSA) is 42.7 Å². The van der Waals surface area contributed by atoms with Gasteiger partial charge in [0.25, 0.3) is 0 Å². The van der Waals surface area contributed by atoms with Crippen molar-refractivity contribution in [1.29, 1.82) is 0 Å². The van der Waals surface area contributed by atoms with E-state index >= 15 is 0 Å². The summed E-state index contributed by atoms with van der Waals surface area (Å²) in [6.45, 7) is 0. The van der Waals surface area contributed by atoms with Crippen LogP contribution in [0.3, 0.4) is 0 Å². The highest BCUT2D eigenvalue weighted by Gasteiger charge is 2.03. The molecule has 0 fully saturated rings. The van der Waals surface area contributed by atoms with Gasteiger partial charge in [0.1, 0.15) is 5.82 Å². The van der Waals surface area contributed by atoms with Gasteiger partial charge in [-0.15, -0.1) is 0 Å². The highest BCUT2D eigenvalue weighted by molar-refractivity contribution is 5.62. The fourth-order valence-electron chi connectivity index (χ4n) is 1.94. The number of pyridine rings is 1. The maximum atomic E-state index is 4.40. The van der Waals surface area contributed by atoms with Gasteiger partial charge in [0.2, 0.25) is 0 Å². The molecule has 4 heteroatoms. The van der Waals surface area contributed by atoms with Crippen LogP contribution < -0.4 is 5.32 Å². The molecule has 0 aliphatic carbocycles. The third-order valence-corrected chi connectivity index (χ3v) is 2.95. The molecule has 1 aromatic carbocycles. The van der Waals surface area contributed by atoms with Gasteiger partial charge in [-0.1, -0.05) is 30.3 Å². The number of anilines is 1. The van der Waals surface area contributed by atoms with Crippen molar-refractivity contribution in [2.24, 2.45) is 0 Å². The molecule has 3 rings (SSSR count). The van der Waals surface area contributed by atoms with Crippen molar-refractivity contribution in [2.45, 2.75) is 0 Å². The molecule has 0 unspecified atom stereocenters. The molecule has 19 heavy (non-hydrogen) atoms. The van der Waals surface area contributed by atoms with Crippen molar-refractivity contribution in [3.05, 3.63) is 61.1 Å². The second-order valence-electron chi connectivity index (χ2n) is 4.19. The van der Waals surface area contributed by atoms with Crippen LogP contribution in [-0.4, -0.2) is 21.8 Å². The Hall–Kier alpha value is -2.62. The lowest BCUT2D eigenvalue weighted by Crippen LogP contribution is -1.97. The molecule has 0 aliphatic heterocycles. The van der Waals surface area contributed by atoms with Gasteiger partial charge in [0.05, 0.1) is 11.9 Å². The summed E-state index contributed by atoms with van der Waals surface area (Å²) < 4.78 is 1.85. The van der Waals surface area contributed by atoms with Gasteiger partial charge >= 0.3 is 0 Å². The van der Waals surface area contributed by atoms with E-state index in [1.165, 1.54) is 0 Å². The molecule has 3 aromatic rings. The van der Waals surface area contributed by atoms with Crippen LogP contribution in [0.1, 0.15) is 0 Å². The first-order valence-corrected chi connectivity index (χ1v) is 6.11. The molecule has 0 spiro atoms. The summed E-state index contributed by atoms with van der Waals surface area (Å²) in [4.78, 5) is 4.20. The summed E-state index contributed by atoms with van der Waals surface area (Å²) in [6.07, 6.45) is 5.66. The second-order valence-corrected chi connectivity index (χ2v) is 4.19. The Morgan fingerprint density at radius 3 is 2.68 bits per heavy atom. The molecule has 1 N–H and O–H groups in total. The predicted octanol–water partition coefficient (Wildman–Crippen LogP) is 2.98. The Bertz CT molecular complexity index is 673. The molecule has 0 saturated carbocycles. The first-order valence-electron chi connectivity index (χ1n) is 6.11.